The summed E-state index contributed by atoms with van der Waals surface area (Å²) in [7, 11) is 0. The molecule has 0 saturated heterocycles. The Labute approximate surface area is 164 Å². The maximum absolute atomic E-state index is 10.5. The number of unbranched alkanes of at least 4 members (excludes halogenated alkanes) is 2. The summed E-state index contributed by atoms with van der Waals surface area (Å²) < 4.78 is 0. The molecule has 2 aliphatic carbocycles. The molecule has 5 atom stereocenters. The van der Waals surface area contributed by atoms with Crippen LogP contribution in [0.25, 0.3) is 0 Å². The first-order valence-electron chi connectivity index (χ1n) is 10.6. The molecule has 3 heteroatoms. The SMILES string of the molecule is Cc1cccc(C[C@@H](O)C=C[C@@H]2[C@H]3CC(CCCCCN)=C[C@H]3C[C@H]2O)c1. The maximum Gasteiger partial charge on any atom is 0.0761 e. The van der Waals surface area contributed by atoms with Crippen LogP contribution >= 0.6 is 0 Å². The van der Waals surface area contributed by atoms with Gasteiger partial charge in [0.1, 0.15) is 0 Å². The normalized spacial score (nSPS) is 28.5. The monoisotopic (exact) mass is 369 g/mol. The molecule has 3 rings (SSSR count). The third kappa shape index (κ3) is 5.54. The van der Waals surface area contributed by atoms with Crippen LogP contribution in [0.5, 0.6) is 0 Å². The Bertz CT molecular complexity index is 666. The topological polar surface area (TPSA) is 66.5 Å². The number of rotatable bonds is 9. The van der Waals surface area contributed by atoms with Crippen molar-refractivity contribution in [2.45, 2.75) is 64.1 Å². The Morgan fingerprint density at radius 2 is 2.11 bits per heavy atom. The van der Waals surface area contributed by atoms with Crippen molar-refractivity contribution in [3.05, 3.63) is 59.2 Å². The van der Waals surface area contributed by atoms with Crippen LogP contribution in [0.2, 0.25) is 0 Å². The van der Waals surface area contributed by atoms with Crippen molar-refractivity contribution in [2.75, 3.05) is 6.54 Å². The summed E-state index contributed by atoms with van der Waals surface area (Å²) in [6.45, 7) is 2.86. The average molecular weight is 370 g/mol. The minimum atomic E-state index is -0.497. The Kier molecular flexibility index (Phi) is 7.28. The molecule has 2 aliphatic rings. The zero-order valence-electron chi connectivity index (χ0n) is 16.6. The predicted molar refractivity (Wildman–Crippen MR) is 111 cm³/mol. The third-order valence-corrected chi connectivity index (χ3v) is 6.23. The van der Waals surface area contributed by atoms with E-state index in [0.717, 1.165) is 31.4 Å². The highest BCUT2D eigenvalue weighted by Gasteiger charge is 2.43. The average Bonchev–Trinajstić information content (AvgIpc) is 3.13. The molecule has 3 nitrogen and oxygen atoms in total. The van der Waals surface area contributed by atoms with Crippen molar-refractivity contribution >= 4 is 0 Å². The standard InChI is InChI=1S/C24H35NO2/c1-17-6-5-8-18(12-17)14-21(26)9-10-22-23-15-19(7-3-2-4-11-25)13-20(23)16-24(22)27/h5-6,8-10,12-13,20-24,26-27H,2-4,7,11,14-16,25H2,1H3/t20-,21-,22+,23-,24+/m0/s1. The molecule has 4 N–H and O–H groups in total. The fraction of sp³-hybridized carbons (Fsp3) is 0.583. The second-order valence-electron chi connectivity index (χ2n) is 8.48. The molecule has 148 valence electrons. The van der Waals surface area contributed by atoms with Crippen molar-refractivity contribution in [3.63, 3.8) is 0 Å². The fourth-order valence-corrected chi connectivity index (χ4v) is 4.87. The van der Waals surface area contributed by atoms with Crippen molar-refractivity contribution in [1.29, 1.82) is 0 Å². The highest BCUT2D eigenvalue weighted by Crippen LogP contribution is 2.48. The largest absolute Gasteiger partial charge is 0.392 e. The van der Waals surface area contributed by atoms with Gasteiger partial charge in [0.25, 0.3) is 0 Å². The molecule has 0 bridgehead atoms. The van der Waals surface area contributed by atoms with E-state index in [1.807, 2.05) is 12.1 Å². The summed E-state index contributed by atoms with van der Waals surface area (Å²) in [5.41, 5.74) is 9.51. The second kappa shape index (κ2) is 9.68. The lowest BCUT2D eigenvalue weighted by atomic mass is 9.88. The lowest BCUT2D eigenvalue weighted by Gasteiger charge is -2.19. The van der Waals surface area contributed by atoms with Crippen molar-refractivity contribution in [1.82, 2.24) is 0 Å². The molecular weight excluding hydrogens is 334 g/mol. The first-order chi connectivity index (χ1) is 13.1. The van der Waals surface area contributed by atoms with E-state index in [1.165, 1.54) is 24.8 Å². The molecule has 0 aliphatic heterocycles. The maximum atomic E-state index is 10.5. The van der Waals surface area contributed by atoms with Crippen LogP contribution in [0.15, 0.2) is 48.1 Å². The molecule has 0 radical (unpaired) electrons. The summed E-state index contributed by atoms with van der Waals surface area (Å²) in [6, 6.07) is 8.28. The summed E-state index contributed by atoms with van der Waals surface area (Å²) in [5.74, 6) is 1.18. The number of hydrogen-bond donors (Lipinski definition) is 3. The molecule has 0 aromatic heterocycles. The summed E-state index contributed by atoms with van der Waals surface area (Å²) in [6.07, 6.45) is 12.9. The Balaban J connectivity index is 1.52. The van der Waals surface area contributed by atoms with Crippen LogP contribution < -0.4 is 5.73 Å². The van der Waals surface area contributed by atoms with E-state index in [0.29, 0.717) is 18.3 Å². The second-order valence-corrected chi connectivity index (χ2v) is 8.48. The predicted octanol–water partition coefficient (Wildman–Crippen LogP) is 3.92. The van der Waals surface area contributed by atoms with Crippen LogP contribution in [0.1, 0.15) is 49.7 Å². The van der Waals surface area contributed by atoms with Gasteiger partial charge in [-0.1, -0.05) is 60.1 Å². The molecule has 0 amide bonds. The van der Waals surface area contributed by atoms with Gasteiger partial charge in [-0.25, -0.2) is 0 Å². The van der Waals surface area contributed by atoms with Crippen LogP contribution in [0.3, 0.4) is 0 Å². The highest BCUT2D eigenvalue weighted by molar-refractivity contribution is 5.24. The number of allylic oxidation sites excluding steroid dienone is 2. The molecule has 1 aromatic rings. The zero-order valence-corrected chi connectivity index (χ0v) is 16.6. The minimum Gasteiger partial charge on any atom is -0.392 e. The molecule has 0 heterocycles. The van der Waals surface area contributed by atoms with Crippen LogP contribution in [0, 0.1) is 24.7 Å². The van der Waals surface area contributed by atoms with Gasteiger partial charge in [0.05, 0.1) is 12.2 Å². The molecule has 0 unspecified atom stereocenters. The first-order valence-corrected chi connectivity index (χ1v) is 10.6. The first kappa shape index (κ1) is 20.3. The third-order valence-electron chi connectivity index (χ3n) is 6.23. The number of aryl methyl sites for hydroxylation is 1. The number of nitrogens with two attached hydrogens (primary N) is 1. The van der Waals surface area contributed by atoms with Crippen LogP contribution in [-0.4, -0.2) is 29.0 Å². The summed E-state index contributed by atoms with van der Waals surface area (Å²) in [5, 5.41) is 20.9. The number of benzene rings is 1. The van der Waals surface area contributed by atoms with Gasteiger partial charge in [0.15, 0.2) is 0 Å². The van der Waals surface area contributed by atoms with E-state index < -0.39 is 6.10 Å². The van der Waals surface area contributed by atoms with E-state index in [1.54, 1.807) is 5.57 Å². The van der Waals surface area contributed by atoms with E-state index >= 15 is 0 Å². The van der Waals surface area contributed by atoms with Gasteiger partial charge in [-0.2, -0.15) is 0 Å². The van der Waals surface area contributed by atoms with E-state index in [-0.39, 0.29) is 12.0 Å². The van der Waals surface area contributed by atoms with Gasteiger partial charge in [0.2, 0.25) is 0 Å². The highest BCUT2D eigenvalue weighted by atomic mass is 16.3. The van der Waals surface area contributed by atoms with Crippen LogP contribution in [-0.2, 0) is 6.42 Å². The lowest BCUT2D eigenvalue weighted by molar-refractivity contribution is 0.140. The number of aliphatic hydroxyl groups excluding tert-OH is 2. The van der Waals surface area contributed by atoms with Gasteiger partial charge in [-0.15, -0.1) is 0 Å². The Morgan fingerprint density at radius 1 is 1.26 bits per heavy atom. The van der Waals surface area contributed by atoms with Crippen molar-refractivity contribution in [2.24, 2.45) is 23.5 Å². The molecule has 27 heavy (non-hydrogen) atoms. The number of aliphatic hydroxyl groups is 2. The number of hydrogen-bond acceptors (Lipinski definition) is 3. The van der Waals surface area contributed by atoms with Gasteiger partial charge in [0, 0.05) is 12.3 Å². The zero-order chi connectivity index (χ0) is 19.2. The van der Waals surface area contributed by atoms with E-state index in [4.69, 9.17) is 5.73 Å². The molecule has 0 spiro atoms. The lowest BCUT2D eigenvalue weighted by Crippen LogP contribution is -2.18. The van der Waals surface area contributed by atoms with E-state index in [9.17, 15) is 10.2 Å². The quantitative estimate of drug-likeness (QED) is 0.457. The molecule has 1 aromatic carbocycles. The van der Waals surface area contributed by atoms with E-state index in [2.05, 4.69) is 37.3 Å². The Morgan fingerprint density at radius 3 is 2.89 bits per heavy atom. The van der Waals surface area contributed by atoms with Crippen molar-refractivity contribution in [3.8, 4) is 0 Å². The molecule has 1 saturated carbocycles. The molecule has 1 fully saturated rings. The smallest absolute Gasteiger partial charge is 0.0761 e. The van der Waals surface area contributed by atoms with Gasteiger partial charge in [-0.3, -0.25) is 0 Å². The fourth-order valence-electron chi connectivity index (χ4n) is 4.87. The van der Waals surface area contributed by atoms with Gasteiger partial charge < -0.3 is 15.9 Å². The van der Waals surface area contributed by atoms with Crippen LogP contribution in [0.4, 0.5) is 0 Å². The van der Waals surface area contributed by atoms with Gasteiger partial charge in [-0.05, 0) is 63.0 Å². The molecular formula is C24H35NO2. The van der Waals surface area contributed by atoms with Gasteiger partial charge >= 0.3 is 0 Å². The minimum absolute atomic E-state index is 0.167. The van der Waals surface area contributed by atoms with Crippen molar-refractivity contribution < 1.29 is 10.2 Å². The summed E-state index contributed by atoms with van der Waals surface area (Å²) >= 11 is 0. The summed E-state index contributed by atoms with van der Waals surface area (Å²) in [4.78, 5) is 0. The Hall–Kier alpha value is -1.42. The number of fused-ring (bicyclic) bond motifs is 1.